The number of benzene rings is 1. The number of nitriles is 1. The Bertz CT molecular complexity index is 408. The Labute approximate surface area is 104 Å². The molecule has 0 bridgehead atoms. The van der Waals surface area contributed by atoms with E-state index in [-0.39, 0.29) is 6.42 Å². The molecule has 1 rings (SSSR count). The van der Waals surface area contributed by atoms with Crippen molar-refractivity contribution in [2.24, 2.45) is 0 Å². The van der Waals surface area contributed by atoms with Crippen molar-refractivity contribution in [1.29, 1.82) is 5.26 Å². The van der Waals surface area contributed by atoms with E-state index in [0.29, 0.717) is 6.42 Å². The average molecular weight is 256 g/mol. The van der Waals surface area contributed by atoms with E-state index in [1.165, 1.54) is 0 Å². The topological polar surface area (TPSA) is 35.8 Å². The molecule has 0 aliphatic carbocycles. The molecule has 0 saturated heterocycles. The van der Waals surface area contributed by atoms with Crippen molar-refractivity contribution < 1.29 is 13.2 Å². The van der Waals surface area contributed by atoms with Gasteiger partial charge in [-0.2, -0.15) is 18.4 Å². The summed E-state index contributed by atoms with van der Waals surface area (Å²) in [5.41, 5.74) is -0.327. The number of hydrogen-bond donors (Lipinski definition) is 1. The van der Waals surface area contributed by atoms with Crippen molar-refractivity contribution >= 4 is 0 Å². The van der Waals surface area contributed by atoms with Gasteiger partial charge in [0.25, 0.3) is 0 Å². The van der Waals surface area contributed by atoms with E-state index >= 15 is 0 Å². The quantitative estimate of drug-likeness (QED) is 0.878. The smallest absolute Gasteiger partial charge is 0.291 e. The van der Waals surface area contributed by atoms with Crippen LogP contribution in [0.2, 0.25) is 0 Å². The van der Waals surface area contributed by atoms with E-state index in [2.05, 4.69) is 5.32 Å². The maximum Gasteiger partial charge on any atom is 0.401 e. The second kappa shape index (κ2) is 5.87. The molecule has 98 valence electrons. The first-order valence-electron chi connectivity index (χ1n) is 5.68. The van der Waals surface area contributed by atoms with Gasteiger partial charge in [0.2, 0.25) is 0 Å². The van der Waals surface area contributed by atoms with Crippen molar-refractivity contribution in [3.63, 3.8) is 0 Å². The molecule has 2 nitrogen and oxygen atoms in total. The molecule has 1 aromatic rings. The second-order valence-electron chi connectivity index (χ2n) is 4.18. The van der Waals surface area contributed by atoms with Crippen LogP contribution < -0.4 is 5.32 Å². The predicted octanol–water partition coefficient (Wildman–Crippen LogP) is 3.05. The van der Waals surface area contributed by atoms with Gasteiger partial charge in [-0.3, -0.25) is 5.32 Å². The van der Waals surface area contributed by atoms with Crippen LogP contribution in [0.1, 0.15) is 18.9 Å². The summed E-state index contributed by atoms with van der Waals surface area (Å²) in [5, 5.41) is 11.5. The fourth-order valence-corrected chi connectivity index (χ4v) is 1.68. The number of nitrogens with one attached hydrogen (secondary N) is 1. The first-order valence-corrected chi connectivity index (χ1v) is 5.68. The van der Waals surface area contributed by atoms with E-state index in [9.17, 15) is 13.2 Å². The first-order chi connectivity index (χ1) is 8.41. The van der Waals surface area contributed by atoms with Crippen LogP contribution >= 0.6 is 0 Å². The van der Waals surface area contributed by atoms with Crippen molar-refractivity contribution in [3.8, 4) is 6.07 Å². The molecule has 5 heteroatoms. The highest BCUT2D eigenvalue weighted by atomic mass is 19.4. The van der Waals surface area contributed by atoms with Crippen molar-refractivity contribution in [3.05, 3.63) is 35.9 Å². The highest BCUT2D eigenvalue weighted by Gasteiger charge is 2.34. The van der Waals surface area contributed by atoms with Gasteiger partial charge in [-0.15, -0.1) is 0 Å². The molecule has 1 atom stereocenters. The molecule has 18 heavy (non-hydrogen) atoms. The van der Waals surface area contributed by atoms with E-state index in [4.69, 9.17) is 5.26 Å². The molecule has 0 radical (unpaired) electrons. The van der Waals surface area contributed by atoms with Gasteiger partial charge in [-0.25, -0.2) is 0 Å². The van der Waals surface area contributed by atoms with Crippen molar-refractivity contribution in [1.82, 2.24) is 5.32 Å². The third kappa shape index (κ3) is 4.38. The van der Waals surface area contributed by atoms with Crippen LogP contribution in [0.25, 0.3) is 0 Å². The van der Waals surface area contributed by atoms with E-state index in [0.717, 1.165) is 5.56 Å². The fourth-order valence-electron chi connectivity index (χ4n) is 1.68. The van der Waals surface area contributed by atoms with Crippen LogP contribution in [0.4, 0.5) is 13.2 Å². The summed E-state index contributed by atoms with van der Waals surface area (Å²) < 4.78 is 36.7. The Kier molecular flexibility index (Phi) is 4.74. The SMILES string of the molecule is CCC(C#N)(Cc1ccccc1)NCC(F)(F)F. The van der Waals surface area contributed by atoms with Gasteiger partial charge in [-0.1, -0.05) is 37.3 Å². The summed E-state index contributed by atoms with van der Waals surface area (Å²) in [6.45, 7) is 0.552. The minimum Gasteiger partial charge on any atom is -0.291 e. The summed E-state index contributed by atoms with van der Waals surface area (Å²) in [6.07, 6.45) is -3.74. The zero-order chi connectivity index (χ0) is 13.6. The van der Waals surface area contributed by atoms with Gasteiger partial charge < -0.3 is 0 Å². The van der Waals surface area contributed by atoms with Gasteiger partial charge in [-0.05, 0) is 12.0 Å². The molecule has 1 unspecified atom stereocenters. The summed E-state index contributed by atoms with van der Waals surface area (Å²) in [4.78, 5) is 0. The Morgan fingerprint density at radius 1 is 1.22 bits per heavy atom. The molecular formula is C13H15F3N2. The van der Waals surface area contributed by atoms with Crippen LogP contribution in [0.3, 0.4) is 0 Å². The van der Waals surface area contributed by atoms with Crippen LogP contribution in [-0.2, 0) is 6.42 Å². The molecular weight excluding hydrogens is 241 g/mol. The Hall–Kier alpha value is -1.54. The van der Waals surface area contributed by atoms with Gasteiger partial charge >= 0.3 is 6.18 Å². The molecule has 0 heterocycles. The minimum atomic E-state index is -4.31. The standard InChI is InChI=1S/C13H15F3N2/c1-2-12(9-17,18-10-13(14,15)16)8-11-6-4-3-5-7-11/h3-7,18H,2,8,10H2,1H3. The number of hydrogen-bond acceptors (Lipinski definition) is 2. The number of rotatable bonds is 5. The number of halogens is 3. The summed E-state index contributed by atoms with van der Waals surface area (Å²) in [7, 11) is 0. The molecule has 0 aromatic heterocycles. The fraction of sp³-hybridized carbons (Fsp3) is 0.462. The molecule has 1 N–H and O–H groups in total. The second-order valence-corrected chi connectivity index (χ2v) is 4.18. The zero-order valence-corrected chi connectivity index (χ0v) is 10.1. The van der Waals surface area contributed by atoms with Gasteiger partial charge in [0.15, 0.2) is 0 Å². The number of nitrogens with zero attached hydrogens (tertiary/aromatic N) is 1. The van der Waals surface area contributed by atoms with Gasteiger partial charge in [0, 0.05) is 6.42 Å². The van der Waals surface area contributed by atoms with Gasteiger partial charge in [0.1, 0.15) is 5.54 Å². The Morgan fingerprint density at radius 3 is 2.28 bits per heavy atom. The largest absolute Gasteiger partial charge is 0.401 e. The number of alkyl halides is 3. The van der Waals surface area contributed by atoms with E-state index in [1.54, 1.807) is 31.2 Å². The van der Waals surface area contributed by atoms with Crippen LogP contribution in [0, 0.1) is 11.3 Å². The first kappa shape index (κ1) is 14.5. The molecule has 0 aliphatic rings. The van der Waals surface area contributed by atoms with Crippen molar-refractivity contribution in [2.45, 2.75) is 31.5 Å². The molecule has 0 saturated carbocycles. The monoisotopic (exact) mass is 256 g/mol. The highest BCUT2D eigenvalue weighted by molar-refractivity contribution is 5.22. The van der Waals surface area contributed by atoms with Crippen LogP contribution in [0.5, 0.6) is 0 Å². The zero-order valence-electron chi connectivity index (χ0n) is 10.1. The average Bonchev–Trinajstić information content (AvgIpc) is 2.35. The Morgan fingerprint density at radius 2 is 1.83 bits per heavy atom. The maximum atomic E-state index is 12.2. The van der Waals surface area contributed by atoms with Crippen LogP contribution in [0.15, 0.2) is 30.3 Å². The lowest BCUT2D eigenvalue weighted by molar-refractivity contribution is -0.127. The maximum absolute atomic E-state index is 12.2. The van der Waals surface area contributed by atoms with Crippen molar-refractivity contribution in [2.75, 3.05) is 6.54 Å². The predicted molar refractivity (Wildman–Crippen MR) is 62.8 cm³/mol. The van der Waals surface area contributed by atoms with E-state index < -0.39 is 18.3 Å². The van der Waals surface area contributed by atoms with Gasteiger partial charge in [0.05, 0.1) is 12.6 Å². The van der Waals surface area contributed by atoms with Crippen LogP contribution in [-0.4, -0.2) is 18.3 Å². The summed E-state index contributed by atoms with van der Waals surface area (Å²) in [6, 6.07) is 11.0. The molecule has 1 aromatic carbocycles. The molecule has 0 spiro atoms. The third-order valence-electron chi connectivity index (χ3n) is 2.79. The minimum absolute atomic E-state index is 0.261. The highest BCUT2D eigenvalue weighted by Crippen LogP contribution is 2.20. The lowest BCUT2D eigenvalue weighted by Gasteiger charge is -2.27. The normalized spacial score (nSPS) is 14.8. The lowest BCUT2D eigenvalue weighted by atomic mass is 9.89. The molecule has 0 fully saturated rings. The molecule has 0 aliphatic heterocycles. The summed E-state index contributed by atoms with van der Waals surface area (Å²) >= 11 is 0. The molecule has 0 amide bonds. The summed E-state index contributed by atoms with van der Waals surface area (Å²) in [5.74, 6) is 0. The third-order valence-corrected chi connectivity index (χ3v) is 2.79. The van der Waals surface area contributed by atoms with E-state index in [1.807, 2.05) is 12.1 Å². The Balaban J connectivity index is 2.78. The lowest BCUT2D eigenvalue weighted by Crippen LogP contribution is -2.49.